The fraction of sp³-hybridized carbons (Fsp3) is 0.333. The van der Waals surface area contributed by atoms with Crippen molar-refractivity contribution in [2.45, 2.75) is 71.4 Å². The highest BCUT2D eigenvalue weighted by atomic mass is 16.5. The fourth-order valence-electron chi connectivity index (χ4n) is 4.85. The monoisotopic (exact) mass is 537 g/mol. The van der Waals surface area contributed by atoms with Crippen molar-refractivity contribution in [2.75, 3.05) is 6.54 Å². The summed E-state index contributed by atoms with van der Waals surface area (Å²) < 4.78 is 12.4. The molecule has 4 nitrogen and oxygen atoms in total. The molecule has 0 aromatic heterocycles. The predicted molar refractivity (Wildman–Crippen MR) is 163 cm³/mol. The van der Waals surface area contributed by atoms with Crippen LogP contribution in [-0.2, 0) is 19.8 Å². The Morgan fingerprint density at radius 1 is 0.675 bits per heavy atom. The Balaban J connectivity index is 1.53. The largest absolute Gasteiger partial charge is 0.489 e. The maximum Gasteiger partial charge on any atom is 0.123 e. The molecule has 0 unspecified atom stereocenters. The SMILES string of the molecule is CCCCC[C@H](C)N(Cc1ccccc1)C[C@@H](O)c1cc(OCc2ccccc2)cc(OCc2ccccc2)c1. The summed E-state index contributed by atoms with van der Waals surface area (Å²) in [7, 11) is 0. The van der Waals surface area contributed by atoms with E-state index >= 15 is 0 Å². The van der Waals surface area contributed by atoms with Crippen LogP contribution in [0.25, 0.3) is 0 Å². The van der Waals surface area contributed by atoms with Gasteiger partial charge in [-0.1, -0.05) is 117 Å². The van der Waals surface area contributed by atoms with Gasteiger partial charge in [0.1, 0.15) is 24.7 Å². The smallest absolute Gasteiger partial charge is 0.123 e. The average molecular weight is 538 g/mol. The van der Waals surface area contributed by atoms with E-state index in [9.17, 15) is 5.11 Å². The number of nitrogens with zero attached hydrogens (tertiary/aromatic N) is 1. The van der Waals surface area contributed by atoms with E-state index in [0.29, 0.717) is 37.3 Å². The summed E-state index contributed by atoms with van der Waals surface area (Å²) in [4.78, 5) is 2.40. The van der Waals surface area contributed by atoms with Crippen molar-refractivity contribution in [3.05, 3.63) is 131 Å². The van der Waals surface area contributed by atoms with E-state index in [1.54, 1.807) is 0 Å². The second kappa shape index (κ2) is 15.9. The topological polar surface area (TPSA) is 41.9 Å². The molecule has 4 rings (SSSR count). The van der Waals surface area contributed by atoms with E-state index in [0.717, 1.165) is 29.7 Å². The van der Waals surface area contributed by atoms with Crippen LogP contribution in [0, 0.1) is 0 Å². The number of hydrogen-bond acceptors (Lipinski definition) is 4. The number of aliphatic hydroxyl groups is 1. The van der Waals surface area contributed by atoms with Crippen LogP contribution >= 0.6 is 0 Å². The van der Waals surface area contributed by atoms with Crippen LogP contribution in [0.1, 0.15) is 67.9 Å². The van der Waals surface area contributed by atoms with E-state index in [1.807, 2.05) is 84.9 Å². The third-order valence-electron chi connectivity index (χ3n) is 7.27. The number of rotatable bonds is 16. The van der Waals surface area contributed by atoms with Crippen molar-refractivity contribution in [3.8, 4) is 11.5 Å². The molecule has 0 radical (unpaired) electrons. The van der Waals surface area contributed by atoms with Gasteiger partial charge in [0.25, 0.3) is 0 Å². The van der Waals surface area contributed by atoms with Gasteiger partial charge < -0.3 is 14.6 Å². The second-order valence-corrected chi connectivity index (χ2v) is 10.6. The van der Waals surface area contributed by atoms with Crippen LogP contribution in [0.4, 0.5) is 0 Å². The van der Waals surface area contributed by atoms with Gasteiger partial charge in [-0.25, -0.2) is 0 Å². The molecule has 0 heterocycles. The lowest BCUT2D eigenvalue weighted by atomic mass is 10.0. The van der Waals surface area contributed by atoms with Crippen molar-refractivity contribution in [1.82, 2.24) is 4.90 Å². The van der Waals surface area contributed by atoms with Gasteiger partial charge >= 0.3 is 0 Å². The van der Waals surface area contributed by atoms with E-state index < -0.39 is 6.10 Å². The molecular weight excluding hydrogens is 494 g/mol. The lowest BCUT2D eigenvalue weighted by molar-refractivity contribution is 0.0820. The van der Waals surface area contributed by atoms with Gasteiger partial charge in [-0.3, -0.25) is 4.90 Å². The maximum absolute atomic E-state index is 11.6. The standard InChI is InChI=1S/C36H43NO3/c1-3-4-8-15-29(2)37(25-30-16-9-5-10-17-30)26-36(38)33-22-34(39-27-31-18-11-6-12-19-31)24-35(23-33)40-28-32-20-13-7-14-21-32/h5-7,9-14,16-24,29,36,38H,3-4,8,15,25-28H2,1-2H3/t29-,36+/m0/s1. The minimum atomic E-state index is -0.684. The number of benzene rings is 4. The molecule has 0 amide bonds. The van der Waals surface area contributed by atoms with Crippen LogP contribution in [-0.4, -0.2) is 22.6 Å². The minimum Gasteiger partial charge on any atom is -0.489 e. The zero-order chi connectivity index (χ0) is 28.0. The highest BCUT2D eigenvalue weighted by Gasteiger charge is 2.20. The van der Waals surface area contributed by atoms with Gasteiger partial charge in [0.2, 0.25) is 0 Å². The van der Waals surface area contributed by atoms with Crippen LogP contribution in [0.15, 0.2) is 109 Å². The normalized spacial score (nSPS) is 12.7. The number of ether oxygens (including phenoxy) is 2. The van der Waals surface area contributed by atoms with Gasteiger partial charge in [-0.05, 0) is 47.7 Å². The molecule has 0 aliphatic heterocycles. The summed E-state index contributed by atoms with van der Waals surface area (Å²) in [6.45, 7) is 6.75. The van der Waals surface area contributed by atoms with E-state index in [1.165, 1.54) is 24.8 Å². The fourth-order valence-corrected chi connectivity index (χ4v) is 4.85. The summed E-state index contributed by atoms with van der Waals surface area (Å²) in [6, 6.07) is 36.9. The first-order chi connectivity index (χ1) is 19.6. The molecule has 4 aromatic carbocycles. The lowest BCUT2D eigenvalue weighted by Gasteiger charge is -2.31. The molecule has 0 saturated carbocycles. The second-order valence-electron chi connectivity index (χ2n) is 10.6. The van der Waals surface area contributed by atoms with Gasteiger partial charge in [0, 0.05) is 25.2 Å². The summed E-state index contributed by atoms with van der Waals surface area (Å²) in [5.74, 6) is 1.38. The molecule has 2 atom stereocenters. The molecule has 0 fully saturated rings. The third kappa shape index (κ3) is 9.55. The molecule has 1 N–H and O–H groups in total. The van der Waals surface area contributed by atoms with Crippen molar-refractivity contribution < 1.29 is 14.6 Å². The lowest BCUT2D eigenvalue weighted by Crippen LogP contribution is -2.36. The summed E-state index contributed by atoms with van der Waals surface area (Å²) in [5, 5.41) is 11.6. The minimum absolute atomic E-state index is 0.354. The predicted octanol–water partition coefficient (Wildman–Crippen LogP) is 8.35. The Labute approximate surface area is 240 Å². The molecule has 40 heavy (non-hydrogen) atoms. The van der Waals surface area contributed by atoms with Crippen molar-refractivity contribution in [3.63, 3.8) is 0 Å². The zero-order valence-electron chi connectivity index (χ0n) is 23.9. The maximum atomic E-state index is 11.6. The molecule has 0 aliphatic rings. The molecule has 210 valence electrons. The summed E-state index contributed by atoms with van der Waals surface area (Å²) in [6.07, 6.45) is 4.06. The van der Waals surface area contributed by atoms with E-state index in [-0.39, 0.29) is 0 Å². The van der Waals surface area contributed by atoms with E-state index in [4.69, 9.17) is 9.47 Å². The van der Waals surface area contributed by atoms with E-state index in [2.05, 4.69) is 43.0 Å². The summed E-state index contributed by atoms with van der Waals surface area (Å²) >= 11 is 0. The molecule has 0 aliphatic carbocycles. The van der Waals surface area contributed by atoms with Crippen molar-refractivity contribution in [2.24, 2.45) is 0 Å². The molecule has 0 saturated heterocycles. The van der Waals surface area contributed by atoms with Crippen molar-refractivity contribution >= 4 is 0 Å². The van der Waals surface area contributed by atoms with Gasteiger partial charge in [0.05, 0.1) is 6.10 Å². The molecule has 0 spiro atoms. The highest BCUT2D eigenvalue weighted by molar-refractivity contribution is 5.40. The number of hydrogen-bond donors (Lipinski definition) is 1. The Morgan fingerprint density at radius 3 is 1.68 bits per heavy atom. The summed E-state index contributed by atoms with van der Waals surface area (Å²) in [5.41, 5.74) is 4.24. The van der Waals surface area contributed by atoms with Gasteiger partial charge in [0.15, 0.2) is 0 Å². The number of aliphatic hydroxyl groups excluding tert-OH is 1. The molecule has 0 bridgehead atoms. The van der Waals surface area contributed by atoms with Gasteiger partial charge in [-0.2, -0.15) is 0 Å². The number of unbranched alkanes of at least 4 members (excludes halogenated alkanes) is 2. The first-order valence-corrected chi connectivity index (χ1v) is 14.5. The third-order valence-corrected chi connectivity index (χ3v) is 7.27. The Morgan fingerprint density at radius 2 is 1.18 bits per heavy atom. The Kier molecular flexibility index (Phi) is 11.6. The van der Waals surface area contributed by atoms with Crippen LogP contribution in [0.2, 0.25) is 0 Å². The van der Waals surface area contributed by atoms with Crippen LogP contribution in [0.3, 0.4) is 0 Å². The van der Waals surface area contributed by atoms with Gasteiger partial charge in [-0.15, -0.1) is 0 Å². The van der Waals surface area contributed by atoms with Crippen LogP contribution in [0.5, 0.6) is 11.5 Å². The zero-order valence-corrected chi connectivity index (χ0v) is 23.9. The first-order valence-electron chi connectivity index (χ1n) is 14.5. The quantitative estimate of drug-likeness (QED) is 0.146. The first kappa shape index (κ1) is 29.4. The highest BCUT2D eigenvalue weighted by Crippen LogP contribution is 2.29. The Bertz CT molecular complexity index is 1190. The van der Waals surface area contributed by atoms with Crippen LogP contribution < -0.4 is 9.47 Å². The van der Waals surface area contributed by atoms with Crippen molar-refractivity contribution in [1.29, 1.82) is 0 Å². The molecular formula is C36H43NO3. The Hall–Kier alpha value is -3.60. The molecule has 4 heteroatoms. The average Bonchev–Trinajstić information content (AvgIpc) is 3.00. The molecule has 4 aromatic rings.